The van der Waals surface area contributed by atoms with Crippen molar-refractivity contribution in [2.24, 2.45) is 7.05 Å². The lowest BCUT2D eigenvalue weighted by atomic mass is 10.4. The molecule has 0 aromatic carbocycles. The van der Waals surface area contributed by atoms with E-state index in [0.717, 1.165) is 10.8 Å². The fraction of sp³-hybridized carbons (Fsp3) is 0.167. The number of halogens is 2. The van der Waals surface area contributed by atoms with Crippen LogP contribution in [0.1, 0.15) is 10.5 Å². The van der Waals surface area contributed by atoms with Crippen LogP contribution in [0.15, 0.2) is 11.1 Å². The zero-order chi connectivity index (χ0) is 11.1. The van der Waals surface area contributed by atoms with Crippen LogP contribution in [-0.2, 0) is 16.1 Å². The second-order valence-electron chi connectivity index (χ2n) is 2.51. The molecule has 0 fully saturated rings. The number of carboxylic acid groups (broad SMARTS) is 1. The van der Waals surface area contributed by atoms with E-state index in [2.05, 4.69) is 0 Å². The van der Waals surface area contributed by atoms with E-state index in [4.69, 9.17) is 27.4 Å². The molecule has 1 rings (SSSR count). The molecule has 1 heterocycles. The van der Waals surface area contributed by atoms with E-state index in [0.29, 0.717) is 0 Å². The van der Waals surface area contributed by atoms with Crippen molar-refractivity contribution in [1.82, 2.24) is 4.57 Å². The number of rotatable bonds is 2. The first-order chi connectivity index (χ1) is 6.25. The van der Waals surface area contributed by atoms with Gasteiger partial charge in [0.15, 0.2) is 0 Å². The molecule has 8 heteroatoms. The monoisotopic (exact) mass is 257 g/mol. The molecule has 78 valence electrons. The van der Waals surface area contributed by atoms with Gasteiger partial charge in [0.25, 0.3) is 9.05 Å². The van der Waals surface area contributed by atoms with Crippen molar-refractivity contribution < 1.29 is 18.3 Å². The van der Waals surface area contributed by atoms with E-state index in [1.165, 1.54) is 7.05 Å². The molecule has 0 aliphatic carbocycles. The average Bonchev–Trinajstić information content (AvgIpc) is 2.24. The third-order valence-electron chi connectivity index (χ3n) is 1.55. The Morgan fingerprint density at radius 3 is 2.29 bits per heavy atom. The summed E-state index contributed by atoms with van der Waals surface area (Å²) in [6, 6.07) is 0. The fourth-order valence-corrected chi connectivity index (χ4v) is 2.62. The number of nitrogens with zero attached hydrogens (tertiary/aromatic N) is 1. The predicted octanol–water partition coefficient (Wildman–Crippen LogP) is 1.30. The normalized spacial score (nSPS) is 11.6. The number of aromatic nitrogens is 1. The molecular formula is C6H5Cl2NO4S. The first-order valence-corrected chi connectivity index (χ1v) is 5.96. The Hall–Kier alpha value is -0.720. The zero-order valence-electron chi connectivity index (χ0n) is 6.86. The smallest absolute Gasteiger partial charge is 0.354 e. The third kappa shape index (κ3) is 1.87. The number of carbonyl (C=O) groups is 1. The summed E-state index contributed by atoms with van der Waals surface area (Å²) in [6.45, 7) is 0. The van der Waals surface area contributed by atoms with Crippen molar-refractivity contribution in [1.29, 1.82) is 0 Å². The summed E-state index contributed by atoms with van der Waals surface area (Å²) in [5.41, 5.74) is -0.314. The molecule has 1 aromatic rings. The van der Waals surface area contributed by atoms with Crippen molar-refractivity contribution in [3.8, 4) is 0 Å². The number of hydrogen-bond acceptors (Lipinski definition) is 3. The van der Waals surface area contributed by atoms with Crippen molar-refractivity contribution in [2.75, 3.05) is 0 Å². The zero-order valence-corrected chi connectivity index (χ0v) is 9.19. The Labute approximate surface area is 89.3 Å². The predicted molar refractivity (Wildman–Crippen MR) is 50.4 cm³/mol. The second-order valence-corrected chi connectivity index (χ2v) is 5.42. The molecule has 0 saturated carbocycles. The molecule has 0 radical (unpaired) electrons. The van der Waals surface area contributed by atoms with E-state index in [1.54, 1.807) is 0 Å². The van der Waals surface area contributed by atoms with Crippen LogP contribution in [0.5, 0.6) is 0 Å². The molecule has 1 N–H and O–H groups in total. The minimum atomic E-state index is -4.01. The maximum Gasteiger partial charge on any atom is 0.354 e. The lowest BCUT2D eigenvalue weighted by Gasteiger charge is -1.95. The van der Waals surface area contributed by atoms with Gasteiger partial charge in [-0.15, -0.1) is 0 Å². The Morgan fingerprint density at radius 1 is 1.57 bits per heavy atom. The van der Waals surface area contributed by atoms with Crippen LogP contribution in [0.2, 0.25) is 5.02 Å². The molecule has 0 amide bonds. The first-order valence-electron chi connectivity index (χ1n) is 3.28. The molecule has 0 aliphatic rings. The number of carboxylic acids is 1. The van der Waals surface area contributed by atoms with E-state index >= 15 is 0 Å². The van der Waals surface area contributed by atoms with Crippen LogP contribution in [0, 0.1) is 0 Å². The largest absolute Gasteiger partial charge is 0.477 e. The topological polar surface area (TPSA) is 76.4 Å². The van der Waals surface area contributed by atoms with Gasteiger partial charge in [-0.25, -0.2) is 13.2 Å². The third-order valence-corrected chi connectivity index (χ3v) is 3.38. The molecule has 0 spiro atoms. The molecular weight excluding hydrogens is 253 g/mol. The Morgan fingerprint density at radius 2 is 2.07 bits per heavy atom. The average molecular weight is 258 g/mol. The summed E-state index contributed by atoms with van der Waals surface area (Å²) in [5.74, 6) is -1.32. The molecule has 0 saturated heterocycles. The summed E-state index contributed by atoms with van der Waals surface area (Å²) >= 11 is 5.54. The minimum Gasteiger partial charge on any atom is -0.477 e. The number of hydrogen-bond donors (Lipinski definition) is 1. The van der Waals surface area contributed by atoms with Gasteiger partial charge in [0.05, 0.1) is 5.02 Å². The highest BCUT2D eigenvalue weighted by Crippen LogP contribution is 2.29. The highest BCUT2D eigenvalue weighted by molar-refractivity contribution is 8.13. The Bertz CT molecular complexity index is 490. The van der Waals surface area contributed by atoms with Gasteiger partial charge in [0, 0.05) is 23.9 Å². The summed E-state index contributed by atoms with van der Waals surface area (Å²) in [7, 11) is 2.38. The highest BCUT2D eigenvalue weighted by Gasteiger charge is 2.24. The molecule has 14 heavy (non-hydrogen) atoms. The molecule has 0 unspecified atom stereocenters. The van der Waals surface area contributed by atoms with Crippen molar-refractivity contribution in [3.63, 3.8) is 0 Å². The molecule has 0 atom stereocenters. The molecule has 1 aromatic heterocycles. The van der Waals surface area contributed by atoms with Crippen molar-refractivity contribution in [3.05, 3.63) is 16.9 Å². The Kier molecular flexibility index (Phi) is 2.80. The van der Waals surface area contributed by atoms with E-state index in [1.807, 2.05) is 0 Å². The van der Waals surface area contributed by atoms with Gasteiger partial charge < -0.3 is 9.67 Å². The van der Waals surface area contributed by atoms with Gasteiger partial charge in [-0.3, -0.25) is 0 Å². The van der Waals surface area contributed by atoms with Gasteiger partial charge >= 0.3 is 5.97 Å². The van der Waals surface area contributed by atoms with Gasteiger partial charge in [0.2, 0.25) is 0 Å². The number of aromatic carboxylic acids is 1. The SMILES string of the molecule is Cn1cc(S(=O)(=O)Cl)c(Cl)c1C(=O)O. The van der Waals surface area contributed by atoms with Crippen LogP contribution in [-0.4, -0.2) is 24.1 Å². The molecule has 0 bridgehead atoms. The summed E-state index contributed by atoms with van der Waals surface area (Å²) < 4.78 is 22.9. The summed E-state index contributed by atoms with van der Waals surface area (Å²) in [5, 5.41) is 8.30. The number of aryl methyl sites for hydroxylation is 1. The van der Waals surface area contributed by atoms with E-state index in [9.17, 15) is 13.2 Å². The standard InChI is InChI=1S/C6H5Cl2NO4S/c1-9-2-3(14(8,12)13)4(7)5(9)6(10)11/h2H,1H3,(H,10,11). The van der Waals surface area contributed by atoms with Crippen LogP contribution in [0.25, 0.3) is 0 Å². The van der Waals surface area contributed by atoms with Gasteiger partial charge in [-0.05, 0) is 0 Å². The quantitative estimate of drug-likeness (QED) is 0.811. The van der Waals surface area contributed by atoms with E-state index in [-0.39, 0.29) is 10.7 Å². The lowest BCUT2D eigenvalue weighted by molar-refractivity contribution is 0.0687. The Balaban J connectivity index is 3.55. The lowest BCUT2D eigenvalue weighted by Crippen LogP contribution is -2.03. The van der Waals surface area contributed by atoms with Crippen LogP contribution < -0.4 is 0 Å². The van der Waals surface area contributed by atoms with Crippen LogP contribution in [0.3, 0.4) is 0 Å². The summed E-state index contributed by atoms with van der Waals surface area (Å²) in [6.07, 6.45) is 1.05. The molecule has 5 nitrogen and oxygen atoms in total. The summed E-state index contributed by atoms with van der Waals surface area (Å²) in [4.78, 5) is 10.2. The van der Waals surface area contributed by atoms with Gasteiger partial charge in [-0.1, -0.05) is 11.6 Å². The molecule has 0 aliphatic heterocycles. The van der Waals surface area contributed by atoms with Crippen molar-refractivity contribution >= 4 is 37.3 Å². The van der Waals surface area contributed by atoms with Gasteiger partial charge in [-0.2, -0.15) is 0 Å². The minimum absolute atomic E-state index is 0.314. The van der Waals surface area contributed by atoms with E-state index < -0.39 is 19.9 Å². The second kappa shape index (κ2) is 3.45. The first kappa shape index (κ1) is 11.4. The van der Waals surface area contributed by atoms with Gasteiger partial charge in [0.1, 0.15) is 10.6 Å². The van der Waals surface area contributed by atoms with Crippen molar-refractivity contribution in [2.45, 2.75) is 4.90 Å². The van der Waals surface area contributed by atoms with Crippen LogP contribution in [0.4, 0.5) is 0 Å². The highest BCUT2D eigenvalue weighted by atomic mass is 35.7. The van der Waals surface area contributed by atoms with Crippen LogP contribution >= 0.6 is 22.3 Å². The maximum atomic E-state index is 10.9. The fourth-order valence-electron chi connectivity index (χ4n) is 0.983. The maximum absolute atomic E-state index is 10.9.